The normalized spacial score (nSPS) is 20.1. The lowest BCUT2D eigenvalue weighted by atomic mass is 9.84. The maximum absolute atomic E-state index is 14.1. The van der Waals surface area contributed by atoms with Gasteiger partial charge in [-0.25, -0.2) is 21.9 Å². The van der Waals surface area contributed by atoms with Crippen molar-refractivity contribution in [3.63, 3.8) is 0 Å². The van der Waals surface area contributed by atoms with Crippen LogP contribution >= 0.6 is 0 Å². The van der Waals surface area contributed by atoms with Gasteiger partial charge >= 0.3 is 6.18 Å². The van der Waals surface area contributed by atoms with Gasteiger partial charge in [0.1, 0.15) is 16.5 Å². The average molecular weight is 505 g/mol. The monoisotopic (exact) mass is 504 g/mol. The number of nitrogens with one attached hydrogen (secondary N) is 2. The molecule has 34 heavy (non-hydrogen) atoms. The third-order valence-corrected chi connectivity index (χ3v) is 7.49. The third kappa shape index (κ3) is 6.75. The zero-order valence-corrected chi connectivity index (χ0v) is 19.1. The van der Waals surface area contributed by atoms with Crippen LogP contribution in [0.25, 0.3) is 0 Å². The molecule has 3 rings (SSSR count). The van der Waals surface area contributed by atoms with Crippen LogP contribution in [0.3, 0.4) is 0 Å². The summed E-state index contributed by atoms with van der Waals surface area (Å²) in [7, 11) is -4.34. The lowest BCUT2D eigenvalue weighted by Crippen LogP contribution is -2.38. The van der Waals surface area contributed by atoms with E-state index in [9.17, 15) is 35.2 Å². The number of benzene rings is 2. The number of hydrogen-bond acceptors (Lipinski definition) is 3. The van der Waals surface area contributed by atoms with E-state index in [1.807, 2.05) is 0 Å². The highest BCUT2D eigenvalue weighted by atomic mass is 32.2. The van der Waals surface area contributed by atoms with Crippen LogP contribution in [0, 0.1) is 17.6 Å². The van der Waals surface area contributed by atoms with Crippen molar-refractivity contribution in [3.8, 4) is 0 Å². The molecule has 1 aliphatic carbocycles. The first-order valence-corrected chi connectivity index (χ1v) is 12.3. The topological polar surface area (TPSA) is 75.3 Å². The molecule has 0 aliphatic heterocycles. The molecule has 0 heterocycles. The number of hydrogen-bond donors (Lipinski definition) is 2. The van der Waals surface area contributed by atoms with Crippen LogP contribution in [0.5, 0.6) is 0 Å². The number of amides is 1. The Morgan fingerprint density at radius 2 is 1.65 bits per heavy atom. The van der Waals surface area contributed by atoms with E-state index in [-0.39, 0.29) is 36.2 Å². The van der Waals surface area contributed by atoms with Gasteiger partial charge in [0.2, 0.25) is 15.9 Å². The van der Waals surface area contributed by atoms with Gasteiger partial charge in [0.15, 0.2) is 0 Å². The van der Waals surface area contributed by atoms with Crippen LogP contribution in [0.2, 0.25) is 0 Å². The van der Waals surface area contributed by atoms with E-state index in [0.717, 1.165) is 5.56 Å². The second kappa shape index (κ2) is 10.4. The molecule has 0 radical (unpaired) electrons. The van der Waals surface area contributed by atoms with Crippen LogP contribution in [-0.2, 0) is 21.0 Å². The van der Waals surface area contributed by atoms with Crippen molar-refractivity contribution in [1.82, 2.24) is 10.0 Å². The van der Waals surface area contributed by atoms with Gasteiger partial charge in [0, 0.05) is 12.5 Å². The molecular formula is C23H25F5N2O3S. The standard InChI is InChI=1S/C23H25F5N2O3S/c1-14(16-4-7-18(24)8-5-16)29-22(31)12-15-2-9-19(10-3-15)30-34(32,33)21-11-6-17(13-20(21)25)23(26,27)28/h4-8,11,13-15,19,30H,2-3,9-10,12H2,1H3,(H,29,31)/t14-,15?,19?/m1/s1. The third-order valence-electron chi connectivity index (χ3n) is 5.94. The summed E-state index contributed by atoms with van der Waals surface area (Å²) in [6.07, 6.45) is -2.60. The Bertz CT molecular complexity index is 1110. The molecule has 1 aliphatic rings. The zero-order valence-electron chi connectivity index (χ0n) is 18.3. The Labute approximate surface area is 194 Å². The molecule has 11 heteroatoms. The van der Waals surface area contributed by atoms with Crippen molar-refractivity contribution < 1.29 is 35.2 Å². The number of carbonyl (C=O) groups excluding carboxylic acids is 1. The van der Waals surface area contributed by atoms with Crippen LogP contribution < -0.4 is 10.0 Å². The van der Waals surface area contributed by atoms with Crippen molar-refractivity contribution in [2.45, 2.75) is 62.2 Å². The molecular weight excluding hydrogens is 479 g/mol. The quantitative estimate of drug-likeness (QED) is 0.516. The first-order chi connectivity index (χ1) is 15.8. The molecule has 0 unspecified atom stereocenters. The fourth-order valence-corrected chi connectivity index (χ4v) is 5.42. The molecule has 1 fully saturated rings. The molecule has 1 saturated carbocycles. The molecule has 1 atom stereocenters. The number of carbonyl (C=O) groups is 1. The van der Waals surface area contributed by atoms with Gasteiger partial charge < -0.3 is 5.32 Å². The maximum Gasteiger partial charge on any atom is 0.416 e. The van der Waals surface area contributed by atoms with Crippen LogP contribution in [0.15, 0.2) is 47.4 Å². The first kappa shape index (κ1) is 26.1. The second-order valence-electron chi connectivity index (χ2n) is 8.53. The predicted octanol–water partition coefficient (Wildman–Crippen LogP) is 5.09. The highest BCUT2D eigenvalue weighted by Crippen LogP contribution is 2.32. The number of sulfonamides is 1. The Morgan fingerprint density at radius 3 is 2.21 bits per heavy atom. The summed E-state index contributed by atoms with van der Waals surface area (Å²) in [5, 5.41) is 2.86. The second-order valence-corrected chi connectivity index (χ2v) is 10.2. The Balaban J connectivity index is 1.50. The summed E-state index contributed by atoms with van der Waals surface area (Å²) in [5.41, 5.74) is -0.500. The molecule has 0 bridgehead atoms. The molecule has 1 amide bonds. The van der Waals surface area contributed by atoms with Crippen molar-refractivity contribution in [2.24, 2.45) is 5.92 Å². The Kier molecular flexibility index (Phi) is 7.97. The molecule has 0 saturated heterocycles. The van der Waals surface area contributed by atoms with Gasteiger partial charge in [-0.1, -0.05) is 12.1 Å². The molecule has 2 aromatic carbocycles. The minimum absolute atomic E-state index is 0.0315. The summed E-state index contributed by atoms with van der Waals surface area (Å²) < 4.78 is 92.6. The van der Waals surface area contributed by atoms with Crippen LogP contribution in [0.4, 0.5) is 22.0 Å². The Morgan fingerprint density at radius 1 is 1.03 bits per heavy atom. The van der Waals surface area contributed by atoms with Crippen molar-refractivity contribution in [1.29, 1.82) is 0 Å². The zero-order chi connectivity index (χ0) is 25.1. The van der Waals surface area contributed by atoms with Crippen molar-refractivity contribution in [2.75, 3.05) is 0 Å². The molecule has 2 N–H and O–H groups in total. The number of halogens is 5. The number of rotatable bonds is 7. The molecule has 0 aromatic heterocycles. The predicted molar refractivity (Wildman–Crippen MR) is 115 cm³/mol. The highest BCUT2D eigenvalue weighted by Gasteiger charge is 2.33. The molecule has 5 nitrogen and oxygen atoms in total. The first-order valence-electron chi connectivity index (χ1n) is 10.8. The Hall–Kier alpha value is -2.53. The van der Waals surface area contributed by atoms with E-state index in [1.165, 1.54) is 12.1 Å². The van der Waals surface area contributed by atoms with E-state index in [2.05, 4.69) is 10.0 Å². The maximum atomic E-state index is 14.1. The van der Waals surface area contributed by atoms with Gasteiger partial charge in [-0.3, -0.25) is 4.79 Å². The summed E-state index contributed by atoms with van der Waals surface area (Å²) in [6.45, 7) is 1.79. The van der Waals surface area contributed by atoms with Crippen LogP contribution in [-0.4, -0.2) is 20.4 Å². The van der Waals surface area contributed by atoms with Crippen molar-refractivity contribution >= 4 is 15.9 Å². The molecule has 2 aromatic rings. The smallest absolute Gasteiger partial charge is 0.350 e. The lowest BCUT2D eigenvalue weighted by Gasteiger charge is -2.29. The van der Waals surface area contributed by atoms with Gasteiger partial charge in [-0.05, 0) is 74.4 Å². The fourth-order valence-electron chi connectivity index (χ4n) is 4.06. The largest absolute Gasteiger partial charge is 0.416 e. The summed E-state index contributed by atoms with van der Waals surface area (Å²) >= 11 is 0. The van der Waals surface area contributed by atoms with E-state index in [1.54, 1.807) is 19.1 Å². The van der Waals surface area contributed by atoms with Crippen molar-refractivity contribution in [3.05, 3.63) is 65.2 Å². The lowest BCUT2D eigenvalue weighted by molar-refractivity contribution is -0.137. The van der Waals surface area contributed by atoms with Gasteiger partial charge in [-0.2, -0.15) is 13.2 Å². The van der Waals surface area contributed by atoms with Gasteiger partial charge in [-0.15, -0.1) is 0 Å². The highest BCUT2D eigenvalue weighted by molar-refractivity contribution is 7.89. The van der Waals surface area contributed by atoms with E-state index in [0.29, 0.717) is 37.8 Å². The average Bonchev–Trinajstić information content (AvgIpc) is 2.74. The minimum atomic E-state index is -4.78. The fraction of sp³-hybridized carbons (Fsp3) is 0.435. The summed E-state index contributed by atoms with van der Waals surface area (Å²) in [4.78, 5) is 11.5. The number of alkyl halides is 3. The summed E-state index contributed by atoms with van der Waals surface area (Å²) in [6, 6.07) is 6.32. The molecule has 186 valence electrons. The van der Waals surface area contributed by atoms with Gasteiger partial charge in [0.25, 0.3) is 0 Å². The minimum Gasteiger partial charge on any atom is -0.350 e. The van der Waals surface area contributed by atoms with Gasteiger partial charge in [0.05, 0.1) is 11.6 Å². The summed E-state index contributed by atoms with van der Waals surface area (Å²) in [5.74, 6) is -1.98. The van der Waals surface area contributed by atoms with Crippen LogP contribution in [0.1, 0.15) is 56.2 Å². The SMILES string of the molecule is C[C@@H](NC(=O)CC1CCC(NS(=O)(=O)c2ccc(C(F)(F)F)cc2F)CC1)c1ccc(F)cc1. The van der Waals surface area contributed by atoms with E-state index >= 15 is 0 Å². The molecule has 0 spiro atoms. The van der Waals surface area contributed by atoms with E-state index < -0.39 is 38.5 Å². The van der Waals surface area contributed by atoms with E-state index in [4.69, 9.17) is 0 Å².